The van der Waals surface area contributed by atoms with E-state index in [9.17, 15) is 4.79 Å². The molecular formula is C19H18N2O2. The largest absolute Gasteiger partial charge is 0.436 e. The minimum Gasteiger partial charge on any atom is -0.436 e. The highest BCUT2D eigenvalue weighted by Gasteiger charge is 2.18. The summed E-state index contributed by atoms with van der Waals surface area (Å²) in [5.74, 6) is 0.706. The normalized spacial score (nSPS) is 15.0. The molecule has 4 nitrogen and oxygen atoms in total. The number of para-hydroxylation sites is 2. The van der Waals surface area contributed by atoms with Crippen molar-refractivity contribution in [2.45, 2.75) is 19.3 Å². The van der Waals surface area contributed by atoms with Crippen LogP contribution in [0, 0.1) is 0 Å². The fraction of sp³-hybridized carbons (Fsp3) is 0.263. The van der Waals surface area contributed by atoms with Crippen molar-refractivity contribution in [1.29, 1.82) is 0 Å². The zero-order valence-corrected chi connectivity index (χ0v) is 12.9. The van der Waals surface area contributed by atoms with Crippen LogP contribution in [-0.4, -0.2) is 28.9 Å². The second-order valence-electron chi connectivity index (χ2n) is 5.92. The molecule has 23 heavy (non-hydrogen) atoms. The molecule has 0 spiro atoms. The summed E-state index contributed by atoms with van der Waals surface area (Å²) in [6.45, 7) is 1.73. The van der Waals surface area contributed by atoms with Gasteiger partial charge in [-0.1, -0.05) is 12.1 Å². The van der Waals surface area contributed by atoms with E-state index in [2.05, 4.69) is 4.98 Å². The van der Waals surface area contributed by atoms with Gasteiger partial charge < -0.3 is 9.32 Å². The van der Waals surface area contributed by atoms with Gasteiger partial charge in [0.1, 0.15) is 5.52 Å². The molecule has 1 amide bonds. The van der Waals surface area contributed by atoms with Gasteiger partial charge in [0.25, 0.3) is 5.91 Å². The van der Waals surface area contributed by atoms with Crippen LogP contribution >= 0.6 is 0 Å². The van der Waals surface area contributed by atoms with E-state index in [1.54, 1.807) is 0 Å². The third kappa shape index (κ3) is 2.72. The molecule has 4 rings (SSSR count). The molecule has 2 heterocycles. The molecule has 0 aliphatic carbocycles. The minimum absolute atomic E-state index is 0.119. The molecule has 1 fully saturated rings. The van der Waals surface area contributed by atoms with Crippen molar-refractivity contribution in [3.8, 4) is 11.5 Å². The quantitative estimate of drug-likeness (QED) is 0.715. The van der Waals surface area contributed by atoms with Crippen LogP contribution in [0.3, 0.4) is 0 Å². The minimum atomic E-state index is 0.119. The highest BCUT2D eigenvalue weighted by atomic mass is 16.3. The molecule has 0 radical (unpaired) electrons. The van der Waals surface area contributed by atoms with Crippen LogP contribution in [0.4, 0.5) is 0 Å². The van der Waals surface area contributed by atoms with Gasteiger partial charge >= 0.3 is 0 Å². The van der Waals surface area contributed by atoms with Crippen molar-refractivity contribution in [1.82, 2.24) is 9.88 Å². The Bertz CT molecular complexity index is 797. The Kier molecular flexibility index (Phi) is 3.58. The molecule has 0 saturated carbocycles. The fourth-order valence-electron chi connectivity index (χ4n) is 3.03. The molecule has 1 saturated heterocycles. The van der Waals surface area contributed by atoms with Gasteiger partial charge in [-0.15, -0.1) is 0 Å². The van der Waals surface area contributed by atoms with Crippen molar-refractivity contribution in [2.75, 3.05) is 13.1 Å². The number of carbonyl (C=O) groups excluding carboxylic acids is 1. The average Bonchev–Trinajstić information content (AvgIpc) is 3.06. The van der Waals surface area contributed by atoms with Crippen LogP contribution in [0.5, 0.6) is 0 Å². The van der Waals surface area contributed by atoms with Gasteiger partial charge in [-0.3, -0.25) is 4.79 Å². The zero-order valence-electron chi connectivity index (χ0n) is 12.9. The number of piperidine rings is 1. The van der Waals surface area contributed by atoms with Gasteiger partial charge in [-0.25, -0.2) is 4.98 Å². The molecule has 2 aromatic carbocycles. The van der Waals surface area contributed by atoms with Crippen molar-refractivity contribution >= 4 is 17.0 Å². The summed E-state index contributed by atoms with van der Waals surface area (Å²) in [5, 5.41) is 0. The topological polar surface area (TPSA) is 46.3 Å². The summed E-state index contributed by atoms with van der Waals surface area (Å²) in [6.07, 6.45) is 3.43. The second kappa shape index (κ2) is 5.88. The average molecular weight is 306 g/mol. The first kappa shape index (κ1) is 14.0. The number of benzene rings is 2. The van der Waals surface area contributed by atoms with Gasteiger partial charge in [0, 0.05) is 24.2 Å². The van der Waals surface area contributed by atoms with Crippen LogP contribution in [-0.2, 0) is 0 Å². The highest BCUT2D eigenvalue weighted by Crippen LogP contribution is 2.24. The summed E-state index contributed by atoms with van der Waals surface area (Å²) in [7, 11) is 0. The molecule has 1 aromatic heterocycles. The van der Waals surface area contributed by atoms with Gasteiger partial charge in [0.2, 0.25) is 5.89 Å². The second-order valence-corrected chi connectivity index (χ2v) is 5.92. The number of hydrogen-bond donors (Lipinski definition) is 0. The monoisotopic (exact) mass is 306 g/mol. The Morgan fingerprint density at radius 3 is 2.43 bits per heavy atom. The van der Waals surface area contributed by atoms with E-state index < -0.39 is 0 Å². The first-order chi connectivity index (χ1) is 11.3. The van der Waals surface area contributed by atoms with Crippen molar-refractivity contribution in [2.24, 2.45) is 0 Å². The lowest BCUT2D eigenvalue weighted by Gasteiger charge is -2.26. The molecule has 1 aliphatic rings. The number of aromatic nitrogens is 1. The number of oxazole rings is 1. The Morgan fingerprint density at radius 1 is 0.957 bits per heavy atom. The maximum absolute atomic E-state index is 12.5. The number of amides is 1. The maximum atomic E-state index is 12.5. The standard InChI is InChI=1S/C19H18N2O2/c22-19(21-12-4-1-5-13-21)15-10-8-14(9-11-15)18-20-16-6-2-3-7-17(16)23-18/h2-3,6-11H,1,4-5,12-13H2. The van der Waals surface area contributed by atoms with Crippen LogP contribution in [0.2, 0.25) is 0 Å². The SMILES string of the molecule is O=C(c1ccc(-c2nc3ccccc3o2)cc1)N1CCCCC1. The van der Waals surface area contributed by atoms with Gasteiger partial charge in [-0.2, -0.15) is 0 Å². The highest BCUT2D eigenvalue weighted by molar-refractivity contribution is 5.94. The zero-order chi connectivity index (χ0) is 15.6. The predicted molar refractivity (Wildman–Crippen MR) is 89.2 cm³/mol. The molecule has 4 heteroatoms. The van der Waals surface area contributed by atoms with E-state index in [-0.39, 0.29) is 5.91 Å². The van der Waals surface area contributed by atoms with E-state index in [1.807, 2.05) is 53.4 Å². The predicted octanol–water partition coefficient (Wildman–Crippen LogP) is 4.12. The third-order valence-electron chi connectivity index (χ3n) is 4.32. The molecule has 3 aromatic rings. The summed E-state index contributed by atoms with van der Waals surface area (Å²) in [4.78, 5) is 18.9. The summed E-state index contributed by atoms with van der Waals surface area (Å²) >= 11 is 0. The van der Waals surface area contributed by atoms with E-state index in [0.717, 1.165) is 48.2 Å². The first-order valence-corrected chi connectivity index (χ1v) is 8.06. The molecule has 116 valence electrons. The lowest BCUT2D eigenvalue weighted by molar-refractivity contribution is 0.0724. The number of hydrogen-bond acceptors (Lipinski definition) is 3. The summed E-state index contributed by atoms with van der Waals surface area (Å²) in [6, 6.07) is 15.2. The lowest BCUT2D eigenvalue weighted by Crippen LogP contribution is -2.35. The third-order valence-corrected chi connectivity index (χ3v) is 4.32. The first-order valence-electron chi connectivity index (χ1n) is 8.06. The van der Waals surface area contributed by atoms with Crippen LogP contribution in [0.15, 0.2) is 52.9 Å². The Hall–Kier alpha value is -2.62. The van der Waals surface area contributed by atoms with E-state index in [4.69, 9.17) is 4.42 Å². The molecule has 1 aliphatic heterocycles. The number of rotatable bonds is 2. The maximum Gasteiger partial charge on any atom is 0.253 e. The fourth-order valence-corrected chi connectivity index (χ4v) is 3.03. The number of likely N-dealkylation sites (tertiary alicyclic amines) is 1. The summed E-state index contributed by atoms with van der Waals surface area (Å²) < 4.78 is 5.76. The number of carbonyl (C=O) groups is 1. The Morgan fingerprint density at radius 2 is 1.70 bits per heavy atom. The molecule has 0 bridgehead atoms. The van der Waals surface area contributed by atoms with Crippen molar-refractivity contribution < 1.29 is 9.21 Å². The Labute approximate surface area is 134 Å². The van der Waals surface area contributed by atoms with Gasteiger partial charge in [0.05, 0.1) is 0 Å². The van der Waals surface area contributed by atoms with Crippen molar-refractivity contribution in [3.63, 3.8) is 0 Å². The number of nitrogens with zero attached hydrogens (tertiary/aromatic N) is 2. The van der Waals surface area contributed by atoms with Crippen molar-refractivity contribution in [3.05, 3.63) is 54.1 Å². The molecular weight excluding hydrogens is 288 g/mol. The van der Waals surface area contributed by atoms with Crippen LogP contribution < -0.4 is 0 Å². The van der Waals surface area contributed by atoms with E-state index in [0.29, 0.717) is 5.89 Å². The molecule has 0 N–H and O–H groups in total. The Balaban J connectivity index is 1.58. The molecule has 0 atom stereocenters. The van der Waals surface area contributed by atoms with Gasteiger partial charge in [-0.05, 0) is 55.7 Å². The smallest absolute Gasteiger partial charge is 0.253 e. The number of fused-ring (bicyclic) bond motifs is 1. The van der Waals surface area contributed by atoms with Gasteiger partial charge in [0.15, 0.2) is 5.58 Å². The molecule has 0 unspecified atom stereocenters. The van der Waals surface area contributed by atoms with E-state index >= 15 is 0 Å². The van der Waals surface area contributed by atoms with Crippen LogP contribution in [0.25, 0.3) is 22.6 Å². The van der Waals surface area contributed by atoms with Crippen LogP contribution in [0.1, 0.15) is 29.6 Å². The lowest BCUT2D eigenvalue weighted by atomic mass is 10.1. The van der Waals surface area contributed by atoms with E-state index in [1.165, 1.54) is 6.42 Å². The summed E-state index contributed by atoms with van der Waals surface area (Å²) in [5.41, 5.74) is 3.23.